The fourth-order valence-corrected chi connectivity index (χ4v) is 11.6. The molecule has 1 fully saturated rings. The molecule has 2 aromatic heterocycles. The average Bonchev–Trinajstić information content (AvgIpc) is 1.51. The van der Waals surface area contributed by atoms with Crippen LogP contribution in [0.15, 0.2) is 67.3 Å². The predicted octanol–water partition coefficient (Wildman–Crippen LogP) is -3.18. The van der Waals surface area contributed by atoms with Crippen LogP contribution in [0.25, 0.3) is 10.9 Å². The second-order valence-corrected chi connectivity index (χ2v) is 26.9. The molecule has 1 saturated heterocycles. The summed E-state index contributed by atoms with van der Waals surface area (Å²) in [6.45, 7) is 8.04. The number of aromatic amines is 2. The van der Waals surface area contributed by atoms with E-state index in [0.29, 0.717) is 33.5 Å². The normalized spacial score (nSPS) is 15.6. The number of carbonyl (C=O) groups is 14. The summed E-state index contributed by atoms with van der Waals surface area (Å²) in [5.41, 5.74) is 13.3. The third-order valence-electron chi connectivity index (χ3n) is 16.8. The molecule has 103 heavy (non-hydrogen) atoms. The van der Waals surface area contributed by atoms with Gasteiger partial charge in [0.2, 0.25) is 59.1 Å². The highest BCUT2D eigenvalue weighted by molar-refractivity contribution is 7.98. The number of para-hydroxylation sites is 1. The lowest BCUT2D eigenvalue weighted by Gasteiger charge is -2.32. The van der Waals surface area contributed by atoms with Gasteiger partial charge in [0.25, 0.3) is 5.91 Å². The molecule has 1 aliphatic rings. The first-order valence-corrected chi connectivity index (χ1v) is 35.2. The number of H-pyrrole nitrogens is 2. The number of amides is 11. The van der Waals surface area contributed by atoms with Gasteiger partial charge in [-0.1, -0.05) is 58.0 Å². The Balaban J connectivity index is 1.23. The number of nitrogens with zero attached hydrogens (tertiary/aromatic N) is 5. The van der Waals surface area contributed by atoms with Gasteiger partial charge in [0.15, 0.2) is 0 Å². The van der Waals surface area contributed by atoms with Gasteiger partial charge < -0.3 is 84.6 Å². The molecule has 7 atom stereocenters. The van der Waals surface area contributed by atoms with Crippen molar-refractivity contribution >= 4 is 106 Å². The number of aliphatic carboxylic acids is 3. The Bertz CT molecular complexity index is 3530. The quantitative estimate of drug-likeness (QED) is 0.0209. The molecule has 18 N–H and O–H groups in total. The minimum Gasteiger partial charge on any atom is -0.480 e. The molecular formula is C67H98N18O17S. The van der Waals surface area contributed by atoms with Crippen molar-refractivity contribution in [3.05, 3.63) is 89.6 Å². The fraction of sp³-hybridized carbons (Fsp3) is 0.537. The van der Waals surface area contributed by atoms with Gasteiger partial charge in [-0.05, 0) is 79.4 Å². The van der Waals surface area contributed by atoms with Gasteiger partial charge in [0.05, 0.1) is 44.7 Å². The molecule has 0 aliphatic carbocycles. The smallest absolute Gasteiger partial charge is 0.317 e. The SMILES string of the molecule is CSCC[C@H](NC(=O)[C@H](CC(C)C)NC(=O)[C@H](Cc1c[nH]cn1)NC(=O)CNC(=O)[C@@H](NC(=O)[C@H](C)NC(=O)[C@H](Cc1c[nH]c2ccccc12)NC(=O)[C@H](CCC(N)=O)NC(=O)c1ccc(CNC(=O)CN2CCN(CC(=O)O)CCN(CC(=O)O)CCN(CC(=O)O)CC2)cc1)C(C)C)C(N)=O. The summed E-state index contributed by atoms with van der Waals surface area (Å²) < 4.78 is 0. The van der Waals surface area contributed by atoms with Gasteiger partial charge in [0, 0.05) is 107 Å². The Labute approximate surface area is 600 Å². The van der Waals surface area contributed by atoms with E-state index < -0.39 is 138 Å². The molecule has 4 aromatic rings. The number of aromatic nitrogens is 3. The van der Waals surface area contributed by atoms with Crippen LogP contribution in [-0.4, -0.2) is 272 Å². The number of carboxylic acid groups (broad SMARTS) is 3. The van der Waals surface area contributed by atoms with E-state index in [1.165, 1.54) is 43.3 Å². The van der Waals surface area contributed by atoms with Crippen molar-refractivity contribution in [1.29, 1.82) is 0 Å². The van der Waals surface area contributed by atoms with Crippen LogP contribution < -0.4 is 59.3 Å². The van der Waals surface area contributed by atoms with E-state index in [-0.39, 0.29) is 135 Å². The summed E-state index contributed by atoms with van der Waals surface area (Å²) >= 11 is 1.45. The number of benzene rings is 2. The second kappa shape index (κ2) is 42.4. The summed E-state index contributed by atoms with van der Waals surface area (Å²) in [5, 5.41) is 53.1. The number of nitrogens with one attached hydrogen (secondary N) is 11. The Morgan fingerprint density at radius 1 is 0.553 bits per heavy atom. The maximum atomic E-state index is 14.5. The molecule has 0 saturated carbocycles. The minimum atomic E-state index is -1.46. The number of rotatable bonds is 40. The monoisotopic (exact) mass is 1460 g/mol. The van der Waals surface area contributed by atoms with Gasteiger partial charge in [0.1, 0.15) is 42.3 Å². The largest absolute Gasteiger partial charge is 0.480 e. The van der Waals surface area contributed by atoms with E-state index in [2.05, 4.69) is 62.8 Å². The number of primary amides is 2. The van der Waals surface area contributed by atoms with Crippen molar-refractivity contribution < 1.29 is 82.4 Å². The standard InChI is InChI=1S/C67H98N18O17S/c1-39(2)27-50(65(100)77-48(60(69)95)17-26-103-6)79-66(101)52(29-45-32-70-38-74-45)76-54(87)33-73-67(102)59(40(3)4)81-61(96)41(5)75-64(99)51(28-44-31-71-47-10-8-7-9-46(44)47)80-63(98)49(15-16-53(68)86)78-62(97)43-13-11-42(12-14-43)30-72-55(88)34-82-18-20-83(35-56(89)90)22-24-85(37-58(93)94)25-23-84(21-19-82)36-57(91)92/h7-14,31-32,38-41,48-52,59,71H,15-30,33-37H2,1-6H3,(H2,68,86)(H2,69,95)(H,70,74)(H,72,88)(H,73,102)(H,75,99)(H,76,87)(H,77,100)(H,78,97)(H,79,101)(H,80,98)(H,81,96)(H,89,90)(H,91,92)(H,93,94)/t41-,48-,49-,50-,51-,52-,59-/m0/s1. The Morgan fingerprint density at radius 3 is 1.62 bits per heavy atom. The number of thioether (sulfide) groups is 1. The molecular weight excluding hydrogens is 1360 g/mol. The van der Waals surface area contributed by atoms with Crippen molar-refractivity contribution in [1.82, 2.24) is 82.4 Å². The first kappa shape index (κ1) is 83.6. The maximum Gasteiger partial charge on any atom is 0.317 e. The number of fused-ring (bicyclic) bond motifs is 1. The summed E-state index contributed by atoms with van der Waals surface area (Å²) in [6, 6.07) is 4.07. The van der Waals surface area contributed by atoms with Crippen LogP contribution in [0.4, 0.5) is 0 Å². The van der Waals surface area contributed by atoms with Crippen LogP contribution in [0.5, 0.6) is 0 Å². The van der Waals surface area contributed by atoms with Crippen LogP contribution >= 0.6 is 11.8 Å². The minimum absolute atomic E-state index is 0.00445. The number of imidazole rings is 1. The molecule has 5 rings (SSSR count). The highest BCUT2D eigenvalue weighted by Crippen LogP contribution is 2.20. The lowest BCUT2D eigenvalue weighted by Crippen LogP contribution is -2.59. The van der Waals surface area contributed by atoms with Gasteiger partial charge in [-0.2, -0.15) is 11.8 Å². The van der Waals surface area contributed by atoms with E-state index in [1.54, 1.807) is 76.0 Å². The van der Waals surface area contributed by atoms with Crippen LogP contribution in [0.2, 0.25) is 0 Å². The summed E-state index contributed by atoms with van der Waals surface area (Å²) in [6.07, 6.45) is 5.76. The van der Waals surface area contributed by atoms with Gasteiger partial charge in [-0.25, -0.2) is 4.98 Å². The zero-order valence-electron chi connectivity index (χ0n) is 58.8. The highest BCUT2D eigenvalue weighted by Gasteiger charge is 2.35. The highest BCUT2D eigenvalue weighted by atomic mass is 32.2. The first-order chi connectivity index (χ1) is 48.9. The third kappa shape index (κ3) is 29.8. The van der Waals surface area contributed by atoms with E-state index in [4.69, 9.17) is 11.5 Å². The Kier molecular flexibility index (Phi) is 34.4. The Hall–Kier alpha value is -10.0. The van der Waals surface area contributed by atoms with Crippen LogP contribution in [0.3, 0.4) is 0 Å². The number of carboxylic acids is 3. The van der Waals surface area contributed by atoms with Crippen LogP contribution in [0, 0.1) is 11.8 Å². The maximum absolute atomic E-state index is 14.5. The summed E-state index contributed by atoms with van der Waals surface area (Å²) in [7, 11) is 0. The molecule has 2 aromatic carbocycles. The molecule has 0 radical (unpaired) electrons. The zero-order valence-corrected chi connectivity index (χ0v) is 59.6. The van der Waals surface area contributed by atoms with Crippen molar-refractivity contribution in [2.45, 2.75) is 122 Å². The van der Waals surface area contributed by atoms with Crippen LogP contribution in [0.1, 0.15) is 87.5 Å². The van der Waals surface area contributed by atoms with E-state index >= 15 is 0 Å². The summed E-state index contributed by atoms with van der Waals surface area (Å²) in [5.74, 6) is -11.9. The molecule has 35 nitrogen and oxygen atoms in total. The third-order valence-corrected chi connectivity index (χ3v) is 17.4. The van der Waals surface area contributed by atoms with E-state index in [0.717, 1.165) is 0 Å². The van der Waals surface area contributed by atoms with E-state index in [9.17, 15) is 82.4 Å². The number of carbonyl (C=O) groups excluding carboxylic acids is 11. The molecule has 564 valence electrons. The number of hydrogen-bond donors (Lipinski definition) is 16. The van der Waals surface area contributed by atoms with Crippen molar-refractivity contribution in [3.8, 4) is 0 Å². The van der Waals surface area contributed by atoms with Crippen molar-refractivity contribution in [2.75, 3.05) is 97.1 Å². The fourth-order valence-electron chi connectivity index (χ4n) is 11.1. The molecule has 11 amide bonds. The van der Waals surface area contributed by atoms with Gasteiger partial charge >= 0.3 is 17.9 Å². The molecule has 1 aliphatic heterocycles. The van der Waals surface area contributed by atoms with Crippen LogP contribution in [-0.2, 0) is 81.7 Å². The summed E-state index contributed by atoms with van der Waals surface area (Å²) in [4.78, 5) is 201. The molecule has 3 heterocycles. The Morgan fingerprint density at radius 2 is 1.09 bits per heavy atom. The number of hydrogen-bond acceptors (Lipinski definition) is 20. The molecule has 0 bridgehead atoms. The van der Waals surface area contributed by atoms with Crippen molar-refractivity contribution in [3.63, 3.8) is 0 Å². The zero-order chi connectivity index (χ0) is 75.9. The second-order valence-electron chi connectivity index (χ2n) is 25.9. The van der Waals surface area contributed by atoms with Crippen molar-refractivity contribution in [2.24, 2.45) is 23.3 Å². The lowest BCUT2D eigenvalue weighted by molar-refractivity contribution is -0.140. The molecule has 0 unspecified atom stereocenters. The predicted molar refractivity (Wildman–Crippen MR) is 378 cm³/mol. The van der Waals surface area contributed by atoms with E-state index in [1.807, 2.05) is 20.1 Å². The van der Waals surface area contributed by atoms with Gasteiger partial charge in [-0.15, -0.1) is 0 Å². The molecule has 0 spiro atoms. The number of nitrogens with two attached hydrogens (primary N) is 2. The average molecular weight is 1460 g/mol. The van der Waals surface area contributed by atoms with Gasteiger partial charge in [-0.3, -0.25) is 86.7 Å². The topological polar surface area (TPSA) is 517 Å². The first-order valence-electron chi connectivity index (χ1n) is 33.8. The lowest BCUT2D eigenvalue weighted by atomic mass is 10.0. The molecule has 36 heteroatoms.